The van der Waals surface area contributed by atoms with Gasteiger partial charge in [0.15, 0.2) is 0 Å². The van der Waals surface area contributed by atoms with Crippen molar-refractivity contribution < 1.29 is 0 Å². The predicted octanol–water partition coefficient (Wildman–Crippen LogP) is 5.11. The number of halogens is 1. The number of rotatable bonds is 7. The first-order chi connectivity index (χ1) is 9.43. The number of nitrogens with zero attached hydrogens (tertiary/aromatic N) is 2. The molecule has 0 aromatic heterocycles. The molecule has 0 atom stereocenters. The molecule has 0 radical (unpaired) electrons. The monoisotopic (exact) mass is 292 g/mol. The smallest absolute Gasteiger partial charge is 0.0992 e. The SMILES string of the molecule is CC(C)CCN(CCC(C)C)c1ccc(C#N)cc1Cl. The molecule has 0 saturated carbocycles. The minimum Gasteiger partial charge on any atom is -0.370 e. The lowest BCUT2D eigenvalue weighted by Crippen LogP contribution is -2.27. The molecule has 0 N–H and O–H groups in total. The standard InChI is InChI=1S/C17H25ClN2/c1-13(2)7-9-20(10-8-14(3)4)17-6-5-15(12-19)11-16(17)18/h5-6,11,13-14H,7-10H2,1-4H3. The molecule has 1 aromatic carbocycles. The zero-order chi connectivity index (χ0) is 15.1. The molecule has 0 spiro atoms. The second kappa shape index (κ2) is 8.17. The number of benzene rings is 1. The fourth-order valence-electron chi connectivity index (χ4n) is 2.01. The minimum absolute atomic E-state index is 0.617. The average Bonchev–Trinajstić information content (AvgIpc) is 2.39. The molecule has 2 nitrogen and oxygen atoms in total. The van der Waals surface area contributed by atoms with Crippen molar-refractivity contribution >= 4 is 17.3 Å². The van der Waals surface area contributed by atoms with Gasteiger partial charge < -0.3 is 4.90 Å². The Morgan fingerprint density at radius 1 is 1.10 bits per heavy atom. The third kappa shape index (κ3) is 5.43. The van der Waals surface area contributed by atoms with Gasteiger partial charge in [0.05, 0.1) is 22.3 Å². The van der Waals surface area contributed by atoms with Gasteiger partial charge in [-0.2, -0.15) is 5.26 Å². The Morgan fingerprint density at radius 2 is 1.65 bits per heavy atom. The van der Waals surface area contributed by atoms with Crippen LogP contribution in [0.2, 0.25) is 5.02 Å². The van der Waals surface area contributed by atoms with E-state index in [2.05, 4.69) is 38.7 Å². The first-order valence-corrected chi connectivity index (χ1v) is 7.76. The maximum atomic E-state index is 8.92. The third-order valence-electron chi connectivity index (χ3n) is 3.37. The molecule has 0 aliphatic rings. The van der Waals surface area contributed by atoms with Gasteiger partial charge in [0.2, 0.25) is 0 Å². The van der Waals surface area contributed by atoms with Gasteiger partial charge in [0.1, 0.15) is 0 Å². The Kier molecular flexibility index (Phi) is 6.88. The molecule has 3 heteroatoms. The van der Waals surface area contributed by atoms with E-state index in [9.17, 15) is 0 Å². The largest absolute Gasteiger partial charge is 0.370 e. The number of nitriles is 1. The molecule has 0 saturated heterocycles. The van der Waals surface area contributed by atoms with E-state index in [1.807, 2.05) is 12.1 Å². The summed E-state index contributed by atoms with van der Waals surface area (Å²) in [5.41, 5.74) is 1.67. The number of hydrogen-bond acceptors (Lipinski definition) is 2. The summed E-state index contributed by atoms with van der Waals surface area (Å²) in [5, 5.41) is 9.60. The summed E-state index contributed by atoms with van der Waals surface area (Å²) in [7, 11) is 0. The highest BCUT2D eigenvalue weighted by Gasteiger charge is 2.12. The summed E-state index contributed by atoms with van der Waals surface area (Å²) < 4.78 is 0. The molecule has 0 heterocycles. The van der Waals surface area contributed by atoms with Crippen LogP contribution in [0.25, 0.3) is 0 Å². The van der Waals surface area contributed by atoms with Gasteiger partial charge in [-0.15, -0.1) is 0 Å². The normalized spacial score (nSPS) is 10.9. The van der Waals surface area contributed by atoms with Crippen molar-refractivity contribution in [2.24, 2.45) is 11.8 Å². The van der Waals surface area contributed by atoms with Crippen LogP contribution in [-0.4, -0.2) is 13.1 Å². The third-order valence-corrected chi connectivity index (χ3v) is 3.67. The van der Waals surface area contributed by atoms with E-state index >= 15 is 0 Å². The second-order valence-corrected chi connectivity index (χ2v) is 6.54. The summed E-state index contributed by atoms with van der Waals surface area (Å²) in [6.45, 7) is 11.0. The zero-order valence-corrected chi connectivity index (χ0v) is 13.7. The molecule has 1 aromatic rings. The molecule has 0 amide bonds. The van der Waals surface area contributed by atoms with Gasteiger partial charge in [0, 0.05) is 13.1 Å². The maximum absolute atomic E-state index is 8.92. The average molecular weight is 293 g/mol. The topological polar surface area (TPSA) is 27.0 Å². The van der Waals surface area contributed by atoms with E-state index in [0.717, 1.165) is 31.6 Å². The summed E-state index contributed by atoms with van der Waals surface area (Å²) >= 11 is 6.34. The van der Waals surface area contributed by atoms with Crippen molar-refractivity contribution in [3.63, 3.8) is 0 Å². The van der Waals surface area contributed by atoms with E-state index in [1.54, 1.807) is 6.07 Å². The number of anilines is 1. The minimum atomic E-state index is 0.617. The molecule has 0 unspecified atom stereocenters. The van der Waals surface area contributed by atoms with Crippen LogP contribution in [0, 0.1) is 23.2 Å². The molecule has 0 aliphatic heterocycles. The highest BCUT2D eigenvalue weighted by atomic mass is 35.5. The van der Waals surface area contributed by atoms with Crippen LogP contribution in [0.4, 0.5) is 5.69 Å². The zero-order valence-electron chi connectivity index (χ0n) is 13.0. The van der Waals surface area contributed by atoms with Gasteiger partial charge in [-0.3, -0.25) is 0 Å². The summed E-state index contributed by atoms with van der Waals surface area (Å²) in [5.74, 6) is 1.35. The lowest BCUT2D eigenvalue weighted by atomic mass is 10.1. The molecular weight excluding hydrogens is 268 g/mol. The molecule has 1 rings (SSSR count). The van der Waals surface area contributed by atoms with Crippen LogP contribution in [0.1, 0.15) is 46.1 Å². The van der Waals surface area contributed by atoms with E-state index < -0.39 is 0 Å². The lowest BCUT2D eigenvalue weighted by molar-refractivity contribution is 0.535. The van der Waals surface area contributed by atoms with Crippen LogP contribution in [0.15, 0.2) is 18.2 Å². The Hall–Kier alpha value is -1.20. The summed E-state index contributed by atoms with van der Waals surface area (Å²) in [6, 6.07) is 7.71. The van der Waals surface area contributed by atoms with Crippen LogP contribution in [0.3, 0.4) is 0 Å². The molecule has 0 bridgehead atoms. The maximum Gasteiger partial charge on any atom is 0.0992 e. The number of hydrogen-bond donors (Lipinski definition) is 0. The summed E-state index contributed by atoms with van der Waals surface area (Å²) in [6.07, 6.45) is 2.29. The first kappa shape index (κ1) is 16.9. The van der Waals surface area contributed by atoms with Crippen molar-refractivity contribution in [3.05, 3.63) is 28.8 Å². The van der Waals surface area contributed by atoms with Gasteiger partial charge in [-0.1, -0.05) is 39.3 Å². The molecule has 110 valence electrons. The van der Waals surface area contributed by atoms with Gasteiger partial charge >= 0.3 is 0 Å². The van der Waals surface area contributed by atoms with Crippen molar-refractivity contribution in [1.29, 1.82) is 5.26 Å². The Labute approximate surface area is 128 Å². The van der Waals surface area contributed by atoms with Gasteiger partial charge in [-0.05, 0) is 42.9 Å². The van der Waals surface area contributed by atoms with Crippen molar-refractivity contribution in [3.8, 4) is 6.07 Å². The predicted molar refractivity (Wildman–Crippen MR) is 87.3 cm³/mol. The van der Waals surface area contributed by atoms with E-state index in [1.165, 1.54) is 0 Å². The Balaban J connectivity index is 2.88. The van der Waals surface area contributed by atoms with Gasteiger partial charge in [0.25, 0.3) is 0 Å². The Bertz CT molecular complexity index is 449. The van der Waals surface area contributed by atoms with E-state index in [-0.39, 0.29) is 0 Å². The highest BCUT2D eigenvalue weighted by molar-refractivity contribution is 6.33. The van der Waals surface area contributed by atoms with Crippen molar-refractivity contribution in [2.75, 3.05) is 18.0 Å². The van der Waals surface area contributed by atoms with Crippen molar-refractivity contribution in [1.82, 2.24) is 0 Å². The fraction of sp³-hybridized carbons (Fsp3) is 0.588. The van der Waals surface area contributed by atoms with Crippen LogP contribution in [-0.2, 0) is 0 Å². The summed E-state index contributed by atoms with van der Waals surface area (Å²) in [4.78, 5) is 2.35. The lowest BCUT2D eigenvalue weighted by Gasteiger charge is -2.27. The van der Waals surface area contributed by atoms with Gasteiger partial charge in [-0.25, -0.2) is 0 Å². The highest BCUT2D eigenvalue weighted by Crippen LogP contribution is 2.28. The molecule has 20 heavy (non-hydrogen) atoms. The van der Waals surface area contributed by atoms with Crippen LogP contribution in [0.5, 0.6) is 0 Å². The quantitative estimate of drug-likeness (QED) is 0.698. The van der Waals surface area contributed by atoms with Crippen LogP contribution >= 0.6 is 11.6 Å². The van der Waals surface area contributed by atoms with E-state index in [4.69, 9.17) is 16.9 Å². The first-order valence-electron chi connectivity index (χ1n) is 7.38. The second-order valence-electron chi connectivity index (χ2n) is 6.13. The fourth-order valence-corrected chi connectivity index (χ4v) is 2.31. The molecular formula is C17H25ClN2. The molecule has 0 aliphatic carbocycles. The van der Waals surface area contributed by atoms with Crippen molar-refractivity contribution in [2.45, 2.75) is 40.5 Å². The van der Waals surface area contributed by atoms with Crippen LogP contribution < -0.4 is 4.90 Å². The van der Waals surface area contributed by atoms with E-state index in [0.29, 0.717) is 22.4 Å². The molecule has 0 fully saturated rings. The Morgan fingerprint density at radius 3 is 2.05 bits per heavy atom.